The van der Waals surface area contributed by atoms with E-state index in [0.717, 1.165) is 19.4 Å². The Balaban J connectivity index is 2.21. The number of hydrogen-bond acceptors (Lipinski definition) is 2. The van der Waals surface area contributed by atoms with Crippen molar-refractivity contribution in [1.29, 1.82) is 0 Å². The van der Waals surface area contributed by atoms with Gasteiger partial charge in [0, 0.05) is 25.9 Å². The number of fused-ring (bicyclic) bond motifs is 1. The highest BCUT2D eigenvalue weighted by Gasteiger charge is 2.12. The standard InChI is InChI=1S/C14H21NO/c1-15-9-3-2-6-13-8-7-12(5-4-10-16)11-14(13)15/h7-8,11,16H,2-6,9-10H2,1H3. The molecule has 1 aromatic rings. The molecule has 2 nitrogen and oxygen atoms in total. The molecule has 1 aliphatic heterocycles. The SMILES string of the molecule is CN1CCCCc2ccc(CCCO)cc21. The smallest absolute Gasteiger partial charge is 0.0434 e. The van der Waals surface area contributed by atoms with Gasteiger partial charge in [0.15, 0.2) is 0 Å². The third-order valence-electron chi connectivity index (χ3n) is 3.37. The summed E-state index contributed by atoms with van der Waals surface area (Å²) >= 11 is 0. The first-order valence-corrected chi connectivity index (χ1v) is 6.25. The van der Waals surface area contributed by atoms with Gasteiger partial charge >= 0.3 is 0 Å². The maximum Gasteiger partial charge on any atom is 0.0434 e. The summed E-state index contributed by atoms with van der Waals surface area (Å²) < 4.78 is 0. The van der Waals surface area contributed by atoms with Gasteiger partial charge in [-0.25, -0.2) is 0 Å². The molecule has 16 heavy (non-hydrogen) atoms. The van der Waals surface area contributed by atoms with E-state index in [1.54, 1.807) is 0 Å². The molecule has 88 valence electrons. The van der Waals surface area contributed by atoms with E-state index in [-0.39, 0.29) is 6.61 Å². The van der Waals surface area contributed by atoms with Gasteiger partial charge in [0.25, 0.3) is 0 Å². The highest BCUT2D eigenvalue weighted by molar-refractivity contribution is 5.55. The molecule has 0 spiro atoms. The molecule has 2 rings (SSSR count). The minimum atomic E-state index is 0.285. The van der Waals surface area contributed by atoms with Crippen LogP contribution in [-0.2, 0) is 12.8 Å². The summed E-state index contributed by atoms with van der Waals surface area (Å²) in [6.07, 6.45) is 5.64. The van der Waals surface area contributed by atoms with Gasteiger partial charge in [-0.05, 0) is 49.3 Å². The predicted octanol–water partition coefficient (Wildman–Crippen LogP) is 2.38. The summed E-state index contributed by atoms with van der Waals surface area (Å²) in [6, 6.07) is 6.79. The lowest BCUT2D eigenvalue weighted by atomic mass is 10.0. The number of hydrogen-bond donors (Lipinski definition) is 1. The van der Waals surface area contributed by atoms with Crippen LogP contribution >= 0.6 is 0 Å². The van der Waals surface area contributed by atoms with E-state index in [1.165, 1.54) is 36.1 Å². The average Bonchev–Trinajstić information content (AvgIpc) is 2.49. The van der Waals surface area contributed by atoms with Crippen LogP contribution in [0.4, 0.5) is 5.69 Å². The summed E-state index contributed by atoms with van der Waals surface area (Å²) in [5, 5.41) is 8.85. The summed E-state index contributed by atoms with van der Waals surface area (Å²) in [5.41, 5.74) is 4.22. The average molecular weight is 219 g/mol. The van der Waals surface area contributed by atoms with Gasteiger partial charge in [-0.2, -0.15) is 0 Å². The molecule has 0 unspecified atom stereocenters. The fourth-order valence-electron chi connectivity index (χ4n) is 2.40. The van der Waals surface area contributed by atoms with Gasteiger partial charge in [0.2, 0.25) is 0 Å². The van der Waals surface area contributed by atoms with Crippen LogP contribution in [0.2, 0.25) is 0 Å². The first-order valence-electron chi connectivity index (χ1n) is 6.25. The summed E-state index contributed by atoms with van der Waals surface area (Å²) in [6.45, 7) is 1.45. The summed E-state index contributed by atoms with van der Waals surface area (Å²) in [4.78, 5) is 2.37. The largest absolute Gasteiger partial charge is 0.396 e. The Hall–Kier alpha value is -1.02. The van der Waals surface area contributed by atoms with E-state index >= 15 is 0 Å². The summed E-state index contributed by atoms with van der Waals surface area (Å²) in [7, 11) is 2.18. The van der Waals surface area contributed by atoms with Crippen LogP contribution in [-0.4, -0.2) is 25.3 Å². The molecule has 0 aliphatic carbocycles. The molecule has 0 radical (unpaired) electrons. The van der Waals surface area contributed by atoms with E-state index in [4.69, 9.17) is 5.11 Å². The lowest BCUT2D eigenvalue weighted by molar-refractivity contribution is 0.288. The highest BCUT2D eigenvalue weighted by atomic mass is 16.2. The van der Waals surface area contributed by atoms with Crippen LogP contribution < -0.4 is 4.90 Å². The molecule has 2 heteroatoms. The monoisotopic (exact) mass is 219 g/mol. The molecule has 0 saturated carbocycles. The minimum absolute atomic E-state index is 0.285. The Labute approximate surface area is 97.9 Å². The van der Waals surface area contributed by atoms with Crippen LogP contribution in [0, 0.1) is 0 Å². The van der Waals surface area contributed by atoms with Crippen LogP contribution in [0.3, 0.4) is 0 Å². The predicted molar refractivity (Wildman–Crippen MR) is 68.1 cm³/mol. The van der Waals surface area contributed by atoms with Crippen molar-refractivity contribution < 1.29 is 5.11 Å². The molecule has 0 bridgehead atoms. The minimum Gasteiger partial charge on any atom is -0.396 e. The molecule has 0 saturated heterocycles. The van der Waals surface area contributed by atoms with E-state index in [1.807, 2.05) is 0 Å². The molecule has 0 fully saturated rings. The molecular formula is C14H21NO. The lowest BCUT2D eigenvalue weighted by Crippen LogP contribution is -2.17. The van der Waals surface area contributed by atoms with Gasteiger partial charge in [0.1, 0.15) is 0 Å². The molecule has 1 aliphatic rings. The number of aliphatic hydroxyl groups is 1. The van der Waals surface area contributed by atoms with Crippen LogP contribution in [0.25, 0.3) is 0 Å². The van der Waals surface area contributed by atoms with Crippen molar-refractivity contribution in [2.45, 2.75) is 32.1 Å². The Bertz CT molecular complexity index is 349. The molecule has 1 heterocycles. The molecular weight excluding hydrogens is 198 g/mol. The fraction of sp³-hybridized carbons (Fsp3) is 0.571. The number of benzene rings is 1. The Morgan fingerprint density at radius 3 is 3.00 bits per heavy atom. The molecule has 0 aromatic heterocycles. The van der Waals surface area contributed by atoms with E-state index < -0.39 is 0 Å². The highest BCUT2D eigenvalue weighted by Crippen LogP contribution is 2.26. The van der Waals surface area contributed by atoms with Crippen LogP contribution in [0.1, 0.15) is 30.4 Å². The maximum atomic E-state index is 8.85. The quantitative estimate of drug-likeness (QED) is 0.843. The fourth-order valence-corrected chi connectivity index (χ4v) is 2.40. The number of rotatable bonds is 3. The molecule has 1 aromatic carbocycles. The topological polar surface area (TPSA) is 23.5 Å². The first-order chi connectivity index (χ1) is 7.81. The Morgan fingerprint density at radius 1 is 1.31 bits per heavy atom. The van der Waals surface area contributed by atoms with Crippen molar-refractivity contribution in [3.8, 4) is 0 Å². The van der Waals surface area contributed by atoms with Crippen molar-refractivity contribution >= 4 is 5.69 Å². The number of aryl methyl sites for hydroxylation is 2. The van der Waals surface area contributed by atoms with Gasteiger partial charge in [-0.1, -0.05) is 12.1 Å². The van der Waals surface area contributed by atoms with Gasteiger partial charge < -0.3 is 10.0 Å². The van der Waals surface area contributed by atoms with Gasteiger partial charge in [-0.15, -0.1) is 0 Å². The van der Waals surface area contributed by atoms with Crippen LogP contribution in [0.5, 0.6) is 0 Å². The van der Waals surface area contributed by atoms with Crippen LogP contribution in [0.15, 0.2) is 18.2 Å². The van der Waals surface area contributed by atoms with Crippen molar-refractivity contribution in [2.75, 3.05) is 25.1 Å². The third-order valence-corrected chi connectivity index (χ3v) is 3.37. The zero-order chi connectivity index (χ0) is 11.4. The lowest BCUT2D eigenvalue weighted by Gasteiger charge is -2.20. The zero-order valence-corrected chi connectivity index (χ0v) is 10.1. The second-order valence-corrected chi connectivity index (χ2v) is 4.67. The maximum absolute atomic E-state index is 8.85. The Morgan fingerprint density at radius 2 is 2.19 bits per heavy atom. The van der Waals surface area contributed by atoms with Crippen molar-refractivity contribution in [2.24, 2.45) is 0 Å². The zero-order valence-electron chi connectivity index (χ0n) is 10.1. The number of nitrogens with zero attached hydrogens (tertiary/aromatic N) is 1. The first kappa shape index (κ1) is 11.5. The number of aliphatic hydroxyl groups excluding tert-OH is 1. The van der Waals surface area contributed by atoms with E-state index in [0.29, 0.717) is 0 Å². The summed E-state index contributed by atoms with van der Waals surface area (Å²) in [5.74, 6) is 0. The van der Waals surface area contributed by atoms with E-state index in [2.05, 4.69) is 30.1 Å². The molecule has 0 atom stereocenters. The number of anilines is 1. The molecule has 1 N–H and O–H groups in total. The molecule has 0 amide bonds. The van der Waals surface area contributed by atoms with E-state index in [9.17, 15) is 0 Å². The van der Waals surface area contributed by atoms with Crippen molar-refractivity contribution in [3.05, 3.63) is 29.3 Å². The van der Waals surface area contributed by atoms with Gasteiger partial charge in [-0.3, -0.25) is 0 Å². The second-order valence-electron chi connectivity index (χ2n) is 4.67. The van der Waals surface area contributed by atoms with Gasteiger partial charge in [0.05, 0.1) is 0 Å². The van der Waals surface area contributed by atoms with Crippen molar-refractivity contribution in [3.63, 3.8) is 0 Å². The third kappa shape index (κ3) is 2.56. The Kier molecular flexibility index (Phi) is 3.83. The van der Waals surface area contributed by atoms with Crippen molar-refractivity contribution in [1.82, 2.24) is 0 Å². The normalized spacial score (nSPS) is 15.8. The second kappa shape index (κ2) is 5.35.